The van der Waals surface area contributed by atoms with Crippen molar-refractivity contribution in [2.75, 3.05) is 24.5 Å². The third-order valence-electron chi connectivity index (χ3n) is 5.37. The Labute approximate surface area is 183 Å². The first kappa shape index (κ1) is 20.4. The molecule has 4 rings (SSSR count). The molecule has 1 aromatic heterocycles. The van der Waals surface area contributed by atoms with Crippen LogP contribution in [0.15, 0.2) is 90.0 Å². The van der Waals surface area contributed by atoms with E-state index in [0.29, 0.717) is 0 Å². The summed E-state index contributed by atoms with van der Waals surface area (Å²) in [5.41, 5.74) is 6.28. The van der Waals surface area contributed by atoms with Gasteiger partial charge in [0.1, 0.15) is 18.5 Å². The molecular formula is C26H27N4O+. The highest BCUT2D eigenvalue weighted by Gasteiger charge is 2.15. The zero-order valence-electron chi connectivity index (χ0n) is 18.3. The van der Waals surface area contributed by atoms with Crippen molar-refractivity contribution in [2.24, 2.45) is 12.1 Å². The summed E-state index contributed by atoms with van der Waals surface area (Å²) >= 11 is 0. The highest BCUT2D eigenvalue weighted by molar-refractivity contribution is 5.97. The molecule has 0 radical (unpaired) electrons. The van der Waals surface area contributed by atoms with Crippen LogP contribution in [0.3, 0.4) is 0 Å². The van der Waals surface area contributed by atoms with Crippen molar-refractivity contribution in [3.8, 4) is 5.75 Å². The van der Waals surface area contributed by atoms with Gasteiger partial charge in [0, 0.05) is 35.9 Å². The minimum absolute atomic E-state index is 0.843. The Kier molecular flexibility index (Phi) is 5.85. The summed E-state index contributed by atoms with van der Waals surface area (Å²) in [5.74, 6) is 0.843. The number of hydrogen-bond acceptors (Lipinski definition) is 4. The van der Waals surface area contributed by atoms with E-state index in [9.17, 15) is 0 Å². The van der Waals surface area contributed by atoms with Crippen molar-refractivity contribution in [3.05, 3.63) is 90.6 Å². The lowest BCUT2D eigenvalue weighted by Crippen LogP contribution is -2.37. The minimum atomic E-state index is 0.843. The molecule has 0 aliphatic rings. The SMILES string of the molecule is COc1ccc(Nc2ccc(N(C)N=C(C)c3ccc4ccccc4[n+]3C)cc2)cc1. The summed E-state index contributed by atoms with van der Waals surface area (Å²) in [6.07, 6.45) is 0. The molecule has 5 nitrogen and oxygen atoms in total. The molecule has 4 aromatic rings. The normalized spacial score (nSPS) is 11.4. The monoisotopic (exact) mass is 411 g/mol. The highest BCUT2D eigenvalue weighted by atomic mass is 16.5. The maximum absolute atomic E-state index is 5.21. The summed E-state index contributed by atoms with van der Waals surface area (Å²) in [6.45, 7) is 2.04. The number of para-hydroxylation sites is 1. The van der Waals surface area contributed by atoms with Gasteiger partial charge in [-0.05, 0) is 67.6 Å². The summed E-state index contributed by atoms with van der Waals surface area (Å²) in [5, 5.41) is 11.3. The Hall–Kier alpha value is -3.86. The van der Waals surface area contributed by atoms with Gasteiger partial charge in [-0.1, -0.05) is 12.1 Å². The molecule has 31 heavy (non-hydrogen) atoms. The standard InChI is InChI=1S/C26H27N4O/c1-19(25-18-9-20-7-5-6-8-26(20)29(25)2)28-30(3)23-14-10-21(11-15-23)27-22-12-16-24(31-4)17-13-22/h5-18,27H,1-4H3/q+1. The number of pyridine rings is 1. The van der Waals surface area contributed by atoms with Crippen LogP contribution in [0.4, 0.5) is 17.1 Å². The molecule has 3 aromatic carbocycles. The number of rotatable bonds is 6. The van der Waals surface area contributed by atoms with Gasteiger partial charge in [0.05, 0.1) is 12.8 Å². The van der Waals surface area contributed by atoms with Gasteiger partial charge in [-0.3, -0.25) is 5.01 Å². The second kappa shape index (κ2) is 8.88. The van der Waals surface area contributed by atoms with Crippen LogP contribution in [-0.4, -0.2) is 19.9 Å². The van der Waals surface area contributed by atoms with Gasteiger partial charge in [0.2, 0.25) is 11.2 Å². The Bertz CT molecular complexity index is 1210. The Balaban J connectivity index is 1.50. The fourth-order valence-corrected chi connectivity index (χ4v) is 3.64. The van der Waals surface area contributed by atoms with Crippen molar-refractivity contribution >= 4 is 33.7 Å². The van der Waals surface area contributed by atoms with E-state index < -0.39 is 0 Å². The molecule has 0 spiro atoms. The smallest absolute Gasteiger partial charge is 0.228 e. The van der Waals surface area contributed by atoms with E-state index in [1.54, 1.807) is 7.11 Å². The molecule has 0 aliphatic heterocycles. The molecule has 0 fully saturated rings. The number of anilines is 3. The van der Waals surface area contributed by atoms with E-state index in [1.807, 2.05) is 43.2 Å². The largest absolute Gasteiger partial charge is 0.497 e. The number of aryl methyl sites for hydroxylation is 1. The average molecular weight is 412 g/mol. The first-order valence-corrected chi connectivity index (χ1v) is 10.2. The van der Waals surface area contributed by atoms with Gasteiger partial charge in [0.25, 0.3) is 0 Å². The van der Waals surface area contributed by atoms with Crippen LogP contribution < -0.4 is 19.6 Å². The lowest BCUT2D eigenvalue weighted by Gasteiger charge is -2.15. The fraction of sp³-hybridized carbons (Fsp3) is 0.154. The molecule has 0 unspecified atom stereocenters. The molecule has 0 atom stereocenters. The topological polar surface area (TPSA) is 40.7 Å². The Morgan fingerprint density at radius 1 is 0.871 bits per heavy atom. The van der Waals surface area contributed by atoms with E-state index >= 15 is 0 Å². The number of benzene rings is 3. The second-order valence-corrected chi connectivity index (χ2v) is 7.45. The number of ether oxygens (including phenoxy) is 1. The van der Waals surface area contributed by atoms with E-state index in [1.165, 1.54) is 10.9 Å². The predicted octanol–water partition coefficient (Wildman–Crippen LogP) is 5.28. The molecule has 0 saturated carbocycles. The fourth-order valence-electron chi connectivity index (χ4n) is 3.64. The Morgan fingerprint density at radius 2 is 1.52 bits per heavy atom. The molecule has 5 heteroatoms. The van der Waals surface area contributed by atoms with Crippen LogP contribution in [0, 0.1) is 0 Å². The summed E-state index contributed by atoms with van der Waals surface area (Å²) in [6, 6.07) is 28.7. The minimum Gasteiger partial charge on any atom is -0.497 e. The average Bonchev–Trinajstić information content (AvgIpc) is 2.80. The van der Waals surface area contributed by atoms with E-state index in [0.717, 1.165) is 34.2 Å². The number of aromatic nitrogens is 1. The van der Waals surface area contributed by atoms with Crippen molar-refractivity contribution in [1.29, 1.82) is 0 Å². The second-order valence-electron chi connectivity index (χ2n) is 7.45. The van der Waals surface area contributed by atoms with Crippen LogP contribution in [0.2, 0.25) is 0 Å². The van der Waals surface area contributed by atoms with Gasteiger partial charge in [0.15, 0.2) is 0 Å². The van der Waals surface area contributed by atoms with E-state index in [4.69, 9.17) is 9.84 Å². The molecule has 0 bridgehead atoms. The molecule has 0 saturated heterocycles. The van der Waals surface area contributed by atoms with Crippen LogP contribution in [0.25, 0.3) is 10.9 Å². The Morgan fingerprint density at radius 3 is 2.19 bits per heavy atom. The molecule has 156 valence electrons. The third kappa shape index (κ3) is 4.51. The first-order chi connectivity index (χ1) is 15.0. The van der Waals surface area contributed by atoms with Crippen LogP contribution in [0.1, 0.15) is 12.6 Å². The highest BCUT2D eigenvalue weighted by Crippen LogP contribution is 2.23. The van der Waals surface area contributed by atoms with Crippen molar-refractivity contribution < 1.29 is 9.30 Å². The molecule has 0 amide bonds. The maximum atomic E-state index is 5.21. The first-order valence-electron chi connectivity index (χ1n) is 10.2. The van der Waals surface area contributed by atoms with E-state index in [-0.39, 0.29) is 0 Å². The van der Waals surface area contributed by atoms with E-state index in [2.05, 4.69) is 77.6 Å². The van der Waals surface area contributed by atoms with Crippen molar-refractivity contribution in [1.82, 2.24) is 0 Å². The zero-order valence-corrected chi connectivity index (χ0v) is 18.3. The van der Waals surface area contributed by atoms with Crippen LogP contribution >= 0.6 is 0 Å². The van der Waals surface area contributed by atoms with Gasteiger partial charge in [-0.2, -0.15) is 9.67 Å². The number of nitrogens with zero attached hydrogens (tertiary/aromatic N) is 3. The molecular weight excluding hydrogens is 384 g/mol. The number of methoxy groups -OCH3 is 1. The molecule has 1 N–H and O–H groups in total. The maximum Gasteiger partial charge on any atom is 0.228 e. The zero-order chi connectivity index (χ0) is 21.8. The predicted molar refractivity (Wildman–Crippen MR) is 128 cm³/mol. The van der Waals surface area contributed by atoms with Gasteiger partial charge in [-0.25, -0.2) is 0 Å². The lowest BCUT2D eigenvalue weighted by atomic mass is 10.1. The lowest BCUT2D eigenvalue weighted by molar-refractivity contribution is -0.646. The number of nitrogens with one attached hydrogen (secondary N) is 1. The quantitative estimate of drug-likeness (QED) is 0.267. The van der Waals surface area contributed by atoms with Gasteiger partial charge in [-0.15, -0.1) is 0 Å². The van der Waals surface area contributed by atoms with Gasteiger partial charge < -0.3 is 10.1 Å². The molecule has 1 heterocycles. The molecule has 0 aliphatic carbocycles. The third-order valence-corrected chi connectivity index (χ3v) is 5.37. The van der Waals surface area contributed by atoms with Crippen molar-refractivity contribution in [3.63, 3.8) is 0 Å². The van der Waals surface area contributed by atoms with Crippen LogP contribution in [0.5, 0.6) is 5.75 Å². The number of hydrazone groups is 1. The number of hydrogen-bond donors (Lipinski definition) is 1. The van der Waals surface area contributed by atoms with Crippen molar-refractivity contribution in [2.45, 2.75) is 6.92 Å². The van der Waals surface area contributed by atoms with Gasteiger partial charge >= 0.3 is 0 Å². The summed E-state index contributed by atoms with van der Waals surface area (Å²) in [4.78, 5) is 0. The summed E-state index contributed by atoms with van der Waals surface area (Å²) < 4.78 is 7.39. The van der Waals surface area contributed by atoms with Crippen LogP contribution in [-0.2, 0) is 7.05 Å². The summed E-state index contributed by atoms with van der Waals surface area (Å²) in [7, 11) is 5.72. The number of fused-ring (bicyclic) bond motifs is 1.